The molecule has 0 radical (unpaired) electrons. The van der Waals surface area contributed by atoms with Crippen LogP contribution >= 0.6 is 23.2 Å². The Hall–Kier alpha value is -3.35. The Kier molecular flexibility index (Phi) is 7.87. The summed E-state index contributed by atoms with van der Waals surface area (Å²) in [5, 5.41) is 7.09. The van der Waals surface area contributed by atoms with Crippen molar-refractivity contribution in [3.63, 3.8) is 0 Å². The fraction of sp³-hybridized carbons (Fsp3) is 0.125. The van der Waals surface area contributed by atoms with Crippen LogP contribution in [0.1, 0.15) is 23.6 Å². The second-order valence-corrected chi connectivity index (χ2v) is 7.86. The van der Waals surface area contributed by atoms with Crippen LogP contribution in [0.2, 0.25) is 10.0 Å². The number of hydrogen-bond acceptors (Lipinski definition) is 4. The molecule has 0 aliphatic rings. The summed E-state index contributed by atoms with van der Waals surface area (Å²) in [4.78, 5) is 24.1. The second-order valence-electron chi connectivity index (χ2n) is 6.99. The highest BCUT2D eigenvalue weighted by Gasteiger charge is 2.14. The van der Waals surface area contributed by atoms with E-state index in [1.807, 2.05) is 55.5 Å². The zero-order chi connectivity index (χ0) is 23.1. The molecule has 164 valence electrons. The average molecular weight is 470 g/mol. The monoisotopic (exact) mass is 469 g/mol. The molecule has 0 saturated heterocycles. The Morgan fingerprint density at radius 1 is 0.938 bits per heavy atom. The lowest BCUT2D eigenvalue weighted by Crippen LogP contribution is -2.32. The molecular weight excluding hydrogens is 449 g/mol. The van der Waals surface area contributed by atoms with E-state index in [0.717, 1.165) is 11.1 Å². The van der Waals surface area contributed by atoms with E-state index in [-0.39, 0.29) is 0 Å². The lowest BCUT2D eigenvalue weighted by Gasteiger charge is -2.09. The normalized spacial score (nSPS) is 11.1. The fourth-order valence-corrected chi connectivity index (χ4v) is 3.32. The van der Waals surface area contributed by atoms with Crippen molar-refractivity contribution in [2.75, 3.05) is 5.32 Å². The number of benzene rings is 3. The van der Waals surface area contributed by atoms with Crippen LogP contribution in [0.25, 0.3) is 0 Å². The number of amides is 2. The van der Waals surface area contributed by atoms with E-state index in [1.165, 1.54) is 23.8 Å². The van der Waals surface area contributed by atoms with Gasteiger partial charge < -0.3 is 10.1 Å². The lowest BCUT2D eigenvalue weighted by molar-refractivity contribution is -0.136. The lowest BCUT2D eigenvalue weighted by atomic mass is 10.1. The smallest absolute Gasteiger partial charge is 0.329 e. The van der Waals surface area contributed by atoms with E-state index in [0.29, 0.717) is 33.8 Å². The zero-order valence-corrected chi connectivity index (χ0v) is 19.0. The number of nitrogens with one attached hydrogen (secondary N) is 2. The maximum absolute atomic E-state index is 12.0. The SMILES string of the molecule is CC(=NNC(=O)C(=O)Nc1cc(Cl)cc(Cl)c1)c1ccc(OCc2ccccc2C)cc1. The second kappa shape index (κ2) is 10.8. The van der Waals surface area contributed by atoms with Crippen LogP contribution in [-0.4, -0.2) is 17.5 Å². The number of rotatable bonds is 6. The van der Waals surface area contributed by atoms with Crippen LogP contribution < -0.4 is 15.5 Å². The molecule has 3 rings (SSSR count). The van der Waals surface area contributed by atoms with E-state index in [4.69, 9.17) is 27.9 Å². The molecule has 0 aromatic heterocycles. The molecule has 0 spiro atoms. The van der Waals surface area contributed by atoms with Crippen molar-refractivity contribution in [1.29, 1.82) is 0 Å². The van der Waals surface area contributed by atoms with Crippen molar-refractivity contribution < 1.29 is 14.3 Å². The van der Waals surface area contributed by atoms with Gasteiger partial charge in [-0.05, 0) is 73.0 Å². The van der Waals surface area contributed by atoms with Gasteiger partial charge in [0.1, 0.15) is 12.4 Å². The third kappa shape index (κ3) is 6.57. The highest BCUT2D eigenvalue weighted by molar-refractivity contribution is 6.40. The Labute approximate surface area is 196 Å². The molecule has 3 aromatic rings. The van der Waals surface area contributed by atoms with Crippen molar-refractivity contribution in [3.05, 3.63) is 93.5 Å². The van der Waals surface area contributed by atoms with Crippen molar-refractivity contribution >= 4 is 46.4 Å². The molecule has 6 nitrogen and oxygen atoms in total. The molecule has 0 saturated carbocycles. The van der Waals surface area contributed by atoms with Gasteiger partial charge >= 0.3 is 11.8 Å². The summed E-state index contributed by atoms with van der Waals surface area (Å²) < 4.78 is 5.83. The van der Waals surface area contributed by atoms with E-state index >= 15 is 0 Å². The minimum atomic E-state index is -0.918. The van der Waals surface area contributed by atoms with Crippen LogP contribution in [0.15, 0.2) is 71.8 Å². The molecule has 2 amide bonds. The average Bonchev–Trinajstić information content (AvgIpc) is 2.76. The molecule has 0 aliphatic heterocycles. The van der Waals surface area contributed by atoms with E-state index in [1.54, 1.807) is 6.92 Å². The predicted molar refractivity (Wildman–Crippen MR) is 127 cm³/mol. The number of aryl methyl sites for hydroxylation is 1. The summed E-state index contributed by atoms with van der Waals surface area (Å²) in [7, 11) is 0. The van der Waals surface area contributed by atoms with Gasteiger partial charge in [0.05, 0.1) is 5.71 Å². The van der Waals surface area contributed by atoms with Crippen LogP contribution in [0.5, 0.6) is 5.75 Å². The van der Waals surface area contributed by atoms with Crippen molar-refractivity contribution in [1.82, 2.24) is 5.43 Å². The minimum absolute atomic E-state index is 0.310. The van der Waals surface area contributed by atoms with E-state index < -0.39 is 11.8 Å². The first-order valence-corrected chi connectivity index (χ1v) is 10.5. The third-order valence-electron chi connectivity index (χ3n) is 4.58. The van der Waals surface area contributed by atoms with Crippen molar-refractivity contribution in [2.45, 2.75) is 20.5 Å². The first kappa shape index (κ1) is 23.3. The van der Waals surface area contributed by atoms with Crippen LogP contribution in [0.4, 0.5) is 5.69 Å². The Morgan fingerprint density at radius 3 is 2.25 bits per heavy atom. The standard InChI is InChI=1S/C24H21Cl2N3O3/c1-15-5-3-4-6-18(15)14-32-22-9-7-17(8-10-22)16(2)28-29-24(31)23(30)27-21-12-19(25)11-20(26)13-21/h3-13H,14H2,1-2H3,(H,27,30)(H,29,31). The molecule has 0 bridgehead atoms. The van der Waals surface area contributed by atoms with Gasteiger partial charge in [-0.1, -0.05) is 47.5 Å². The van der Waals surface area contributed by atoms with Gasteiger partial charge in [-0.2, -0.15) is 5.10 Å². The highest BCUT2D eigenvalue weighted by atomic mass is 35.5. The quantitative estimate of drug-likeness (QED) is 0.289. The van der Waals surface area contributed by atoms with Gasteiger partial charge in [0.15, 0.2) is 0 Å². The first-order chi connectivity index (χ1) is 15.3. The summed E-state index contributed by atoms with van der Waals surface area (Å²) in [6.45, 7) is 4.24. The Balaban J connectivity index is 1.55. The molecule has 0 heterocycles. The summed E-state index contributed by atoms with van der Waals surface area (Å²) >= 11 is 11.8. The highest BCUT2D eigenvalue weighted by Crippen LogP contribution is 2.22. The molecule has 0 unspecified atom stereocenters. The summed E-state index contributed by atoms with van der Waals surface area (Å²) in [5.74, 6) is -1.09. The molecule has 0 fully saturated rings. The molecule has 3 aromatic carbocycles. The molecule has 0 aliphatic carbocycles. The van der Waals surface area contributed by atoms with Crippen molar-refractivity contribution in [2.24, 2.45) is 5.10 Å². The molecule has 2 N–H and O–H groups in total. The van der Waals surface area contributed by atoms with Crippen LogP contribution in [0.3, 0.4) is 0 Å². The maximum atomic E-state index is 12.0. The van der Waals surface area contributed by atoms with Gasteiger partial charge in [0.2, 0.25) is 0 Å². The third-order valence-corrected chi connectivity index (χ3v) is 5.02. The Morgan fingerprint density at radius 2 is 1.59 bits per heavy atom. The van der Waals surface area contributed by atoms with Gasteiger partial charge in [0, 0.05) is 15.7 Å². The first-order valence-electron chi connectivity index (χ1n) is 9.71. The number of nitrogens with zero attached hydrogens (tertiary/aromatic N) is 1. The molecule has 8 heteroatoms. The predicted octanol–water partition coefficient (Wildman–Crippen LogP) is 5.36. The molecular formula is C24H21Cl2N3O3. The zero-order valence-electron chi connectivity index (χ0n) is 17.5. The van der Waals surface area contributed by atoms with Crippen molar-refractivity contribution in [3.8, 4) is 5.75 Å². The molecule has 32 heavy (non-hydrogen) atoms. The number of carbonyl (C=O) groups is 2. The number of carbonyl (C=O) groups excluding carboxylic acids is 2. The van der Waals surface area contributed by atoms with Gasteiger partial charge in [-0.3, -0.25) is 9.59 Å². The van der Waals surface area contributed by atoms with Gasteiger partial charge in [0.25, 0.3) is 0 Å². The Bertz CT molecular complexity index is 1140. The number of anilines is 1. The topological polar surface area (TPSA) is 79.8 Å². The number of hydrazone groups is 1. The maximum Gasteiger partial charge on any atom is 0.329 e. The fourth-order valence-electron chi connectivity index (χ4n) is 2.79. The number of hydrogen-bond donors (Lipinski definition) is 2. The minimum Gasteiger partial charge on any atom is -0.489 e. The molecule has 0 atom stereocenters. The summed E-state index contributed by atoms with van der Waals surface area (Å²) in [5.41, 5.74) is 6.14. The van der Waals surface area contributed by atoms with E-state index in [9.17, 15) is 9.59 Å². The van der Waals surface area contributed by atoms with Gasteiger partial charge in [-0.15, -0.1) is 0 Å². The summed E-state index contributed by atoms with van der Waals surface area (Å²) in [6.07, 6.45) is 0. The van der Waals surface area contributed by atoms with Gasteiger partial charge in [-0.25, -0.2) is 5.43 Å². The van der Waals surface area contributed by atoms with E-state index in [2.05, 4.69) is 15.8 Å². The number of halogens is 2. The largest absolute Gasteiger partial charge is 0.489 e. The summed E-state index contributed by atoms with van der Waals surface area (Å²) in [6, 6.07) is 19.8. The number of ether oxygens (including phenoxy) is 1. The van der Waals surface area contributed by atoms with Crippen LogP contribution in [0, 0.1) is 6.92 Å². The van der Waals surface area contributed by atoms with Crippen LogP contribution in [-0.2, 0) is 16.2 Å².